The van der Waals surface area contributed by atoms with E-state index in [9.17, 15) is 5.11 Å². The predicted molar refractivity (Wildman–Crippen MR) is 114 cm³/mol. The smallest absolute Gasteiger partial charge is 0.161 e. The molecule has 0 spiro atoms. The van der Waals surface area contributed by atoms with Crippen molar-refractivity contribution in [2.45, 2.75) is 12.1 Å². The molecule has 154 valence electrons. The number of rotatable bonds is 5. The van der Waals surface area contributed by atoms with Gasteiger partial charge < -0.3 is 24.2 Å². The van der Waals surface area contributed by atoms with Gasteiger partial charge in [-0.05, 0) is 47.5 Å². The molecule has 2 aromatic carbocycles. The van der Waals surface area contributed by atoms with Crippen LogP contribution in [-0.2, 0) is 0 Å². The Morgan fingerprint density at radius 1 is 0.862 bits per heavy atom. The van der Waals surface area contributed by atoms with Crippen molar-refractivity contribution in [3.63, 3.8) is 0 Å². The summed E-state index contributed by atoms with van der Waals surface area (Å²) in [6.45, 7) is 3.62. The van der Waals surface area contributed by atoms with Crippen LogP contribution in [0.5, 0.6) is 17.2 Å². The first-order chi connectivity index (χ1) is 14.1. The summed E-state index contributed by atoms with van der Waals surface area (Å²) in [5, 5.41) is 11.1. The van der Waals surface area contributed by atoms with E-state index in [0.717, 1.165) is 43.1 Å². The Balaban J connectivity index is 1.46. The number of fused-ring (bicyclic) bond motifs is 1. The van der Waals surface area contributed by atoms with E-state index in [-0.39, 0.29) is 6.04 Å². The second kappa shape index (κ2) is 8.35. The normalized spacial score (nSPS) is 21.6. The Kier molecular flexibility index (Phi) is 5.65. The van der Waals surface area contributed by atoms with Gasteiger partial charge in [0.15, 0.2) is 11.5 Å². The largest absolute Gasteiger partial charge is 0.497 e. The molecule has 0 saturated carbocycles. The molecule has 0 aromatic heterocycles. The quantitative estimate of drug-likeness (QED) is 0.839. The highest BCUT2D eigenvalue weighted by atomic mass is 16.5. The third-order valence-electron chi connectivity index (χ3n) is 5.88. The lowest BCUT2D eigenvalue weighted by atomic mass is 9.89. The maximum atomic E-state index is 11.1. The number of ether oxygens (including phenoxy) is 3. The van der Waals surface area contributed by atoms with Crippen LogP contribution in [-0.4, -0.2) is 63.6 Å². The molecule has 1 saturated heterocycles. The highest BCUT2D eigenvalue weighted by Crippen LogP contribution is 2.38. The van der Waals surface area contributed by atoms with Gasteiger partial charge in [0.25, 0.3) is 0 Å². The zero-order chi connectivity index (χ0) is 20.4. The third-order valence-corrected chi connectivity index (χ3v) is 5.88. The second-order valence-electron chi connectivity index (χ2n) is 7.35. The first-order valence-electron chi connectivity index (χ1n) is 9.90. The zero-order valence-corrected chi connectivity index (χ0v) is 17.2. The topological polar surface area (TPSA) is 54.4 Å². The fourth-order valence-electron chi connectivity index (χ4n) is 4.20. The summed E-state index contributed by atoms with van der Waals surface area (Å²) >= 11 is 0. The summed E-state index contributed by atoms with van der Waals surface area (Å²) in [7, 11) is 4.92. The average Bonchev–Trinajstić information content (AvgIpc) is 2.79. The Hall–Kier alpha value is -2.70. The third kappa shape index (κ3) is 3.78. The van der Waals surface area contributed by atoms with Crippen molar-refractivity contribution in [1.82, 2.24) is 4.90 Å². The fourth-order valence-corrected chi connectivity index (χ4v) is 4.20. The molecule has 6 nitrogen and oxygen atoms in total. The summed E-state index contributed by atoms with van der Waals surface area (Å²) in [6, 6.07) is 12.0. The van der Waals surface area contributed by atoms with Crippen LogP contribution in [0.4, 0.5) is 5.69 Å². The van der Waals surface area contributed by atoms with Gasteiger partial charge in [0, 0.05) is 31.9 Å². The Labute approximate surface area is 171 Å². The highest BCUT2D eigenvalue weighted by Gasteiger charge is 2.32. The summed E-state index contributed by atoms with van der Waals surface area (Å²) in [5.41, 5.74) is 3.06. The number of piperazine rings is 1. The number of anilines is 1. The van der Waals surface area contributed by atoms with Crippen LogP contribution in [0, 0.1) is 0 Å². The Bertz CT molecular complexity index is 873. The Morgan fingerprint density at radius 3 is 2.14 bits per heavy atom. The van der Waals surface area contributed by atoms with Crippen molar-refractivity contribution in [1.29, 1.82) is 0 Å². The lowest BCUT2D eigenvalue weighted by Gasteiger charge is -2.42. The van der Waals surface area contributed by atoms with Crippen LogP contribution in [0.3, 0.4) is 0 Å². The van der Waals surface area contributed by atoms with E-state index < -0.39 is 6.10 Å². The minimum absolute atomic E-state index is 0.0429. The molecule has 1 heterocycles. The fraction of sp³-hybridized carbons (Fsp3) is 0.391. The summed E-state index contributed by atoms with van der Waals surface area (Å²) in [4.78, 5) is 4.72. The number of methoxy groups -OCH3 is 3. The molecule has 1 aliphatic heterocycles. The molecule has 4 rings (SSSR count). The van der Waals surface area contributed by atoms with Gasteiger partial charge in [0.1, 0.15) is 5.75 Å². The van der Waals surface area contributed by atoms with Gasteiger partial charge in [-0.1, -0.05) is 12.2 Å². The van der Waals surface area contributed by atoms with Crippen LogP contribution in [0.1, 0.15) is 17.2 Å². The number of aliphatic hydroxyl groups is 1. The molecule has 1 aliphatic carbocycles. The molecule has 2 atom stereocenters. The van der Waals surface area contributed by atoms with Crippen LogP contribution < -0.4 is 19.1 Å². The van der Waals surface area contributed by atoms with E-state index in [1.54, 1.807) is 21.3 Å². The minimum atomic E-state index is -0.595. The first-order valence-corrected chi connectivity index (χ1v) is 9.90. The SMILES string of the molecule is COc1ccc(N2CCN([C@@H]3C=Cc4cc(OC)c(OC)cc4[C@H]3O)CC2)cc1. The molecule has 1 N–H and O–H groups in total. The second-order valence-corrected chi connectivity index (χ2v) is 7.35. The molecular formula is C23H28N2O4. The predicted octanol–water partition coefficient (Wildman–Crippen LogP) is 2.96. The van der Waals surface area contributed by atoms with E-state index in [4.69, 9.17) is 14.2 Å². The van der Waals surface area contributed by atoms with Crippen molar-refractivity contribution < 1.29 is 19.3 Å². The van der Waals surface area contributed by atoms with Crippen LogP contribution >= 0.6 is 0 Å². The molecule has 0 unspecified atom stereocenters. The molecule has 6 heteroatoms. The van der Waals surface area contributed by atoms with Gasteiger partial charge in [0.2, 0.25) is 0 Å². The Morgan fingerprint density at radius 2 is 1.52 bits per heavy atom. The van der Waals surface area contributed by atoms with Crippen LogP contribution in [0.25, 0.3) is 6.08 Å². The van der Waals surface area contributed by atoms with Crippen molar-refractivity contribution >= 4 is 11.8 Å². The number of benzene rings is 2. The molecular weight excluding hydrogens is 368 g/mol. The summed E-state index contributed by atoms with van der Waals surface area (Å²) in [6.07, 6.45) is 3.58. The van der Waals surface area contributed by atoms with E-state index in [0.29, 0.717) is 11.5 Å². The number of nitrogens with zero attached hydrogens (tertiary/aromatic N) is 2. The zero-order valence-electron chi connectivity index (χ0n) is 17.2. The molecule has 1 fully saturated rings. The lowest BCUT2D eigenvalue weighted by Crippen LogP contribution is -2.51. The monoisotopic (exact) mass is 396 g/mol. The standard InChI is InChI=1S/C23H28N2O4/c1-27-18-7-5-17(6-8-18)24-10-12-25(13-11-24)20-9-4-16-14-21(28-2)22(29-3)15-19(16)23(20)26/h4-9,14-15,20,23,26H,10-13H2,1-3H3/t20-,23-/m1/s1. The molecule has 0 amide bonds. The molecule has 0 radical (unpaired) electrons. The molecule has 29 heavy (non-hydrogen) atoms. The van der Waals surface area contributed by atoms with E-state index in [1.807, 2.05) is 24.3 Å². The molecule has 2 aliphatic rings. The van der Waals surface area contributed by atoms with Crippen molar-refractivity contribution in [3.05, 3.63) is 53.6 Å². The summed E-state index contributed by atoms with van der Waals surface area (Å²) < 4.78 is 16.1. The van der Waals surface area contributed by atoms with Gasteiger partial charge in [-0.3, -0.25) is 4.90 Å². The van der Waals surface area contributed by atoms with Crippen molar-refractivity contribution in [2.24, 2.45) is 0 Å². The maximum absolute atomic E-state index is 11.1. The number of hydrogen-bond donors (Lipinski definition) is 1. The van der Waals surface area contributed by atoms with Crippen molar-refractivity contribution in [2.75, 3.05) is 52.4 Å². The molecule has 2 aromatic rings. The van der Waals surface area contributed by atoms with Gasteiger partial charge in [-0.25, -0.2) is 0 Å². The number of aliphatic hydroxyl groups excluding tert-OH is 1. The van der Waals surface area contributed by atoms with Crippen LogP contribution in [0.2, 0.25) is 0 Å². The number of hydrogen-bond acceptors (Lipinski definition) is 6. The van der Waals surface area contributed by atoms with E-state index in [1.165, 1.54) is 5.69 Å². The lowest BCUT2D eigenvalue weighted by molar-refractivity contribution is 0.0682. The van der Waals surface area contributed by atoms with Gasteiger partial charge in [-0.15, -0.1) is 0 Å². The first kappa shape index (κ1) is 19.6. The maximum Gasteiger partial charge on any atom is 0.161 e. The van der Waals surface area contributed by atoms with E-state index >= 15 is 0 Å². The average molecular weight is 396 g/mol. The van der Waals surface area contributed by atoms with Gasteiger partial charge in [0.05, 0.1) is 33.5 Å². The summed E-state index contributed by atoms with van der Waals surface area (Å²) in [5.74, 6) is 2.19. The van der Waals surface area contributed by atoms with Crippen molar-refractivity contribution in [3.8, 4) is 17.2 Å². The van der Waals surface area contributed by atoms with Gasteiger partial charge in [-0.2, -0.15) is 0 Å². The van der Waals surface area contributed by atoms with Crippen LogP contribution in [0.15, 0.2) is 42.5 Å². The van der Waals surface area contributed by atoms with E-state index in [2.05, 4.69) is 34.1 Å². The highest BCUT2D eigenvalue weighted by molar-refractivity contribution is 5.64. The minimum Gasteiger partial charge on any atom is -0.497 e. The van der Waals surface area contributed by atoms with Gasteiger partial charge >= 0.3 is 0 Å². The molecule has 0 bridgehead atoms.